The first-order valence-corrected chi connectivity index (χ1v) is 7.86. The van der Waals surface area contributed by atoms with Crippen molar-refractivity contribution in [2.45, 2.75) is 62.7 Å². The number of nitriles is 1. The molecule has 0 aromatic rings. The standard InChI is InChI=1S/C14H22N2OS/c1-11-4-7-14(10-15,8-5-11)16-12(17)13(2)6-3-9-18-13/h11H,3-9H2,1-2H3,(H,16,17). The zero-order valence-corrected chi connectivity index (χ0v) is 12.1. The van der Waals surface area contributed by atoms with Gasteiger partial charge in [0.15, 0.2) is 0 Å². The van der Waals surface area contributed by atoms with Crippen LogP contribution in [0.25, 0.3) is 0 Å². The molecule has 0 aromatic carbocycles. The summed E-state index contributed by atoms with van der Waals surface area (Å²) < 4.78 is -0.313. The Hall–Kier alpha value is -0.690. The van der Waals surface area contributed by atoms with Gasteiger partial charge in [0.1, 0.15) is 5.54 Å². The van der Waals surface area contributed by atoms with Crippen LogP contribution in [-0.2, 0) is 4.79 Å². The van der Waals surface area contributed by atoms with Gasteiger partial charge in [-0.1, -0.05) is 6.92 Å². The average molecular weight is 266 g/mol. The van der Waals surface area contributed by atoms with Crippen molar-refractivity contribution < 1.29 is 4.79 Å². The maximum atomic E-state index is 12.4. The van der Waals surface area contributed by atoms with E-state index < -0.39 is 5.54 Å². The van der Waals surface area contributed by atoms with Crippen molar-refractivity contribution in [3.05, 3.63) is 0 Å². The molecule has 0 aromatic heterocycles. The summed E-state index contributed by atoms with van der Waals surface area (Å²) in [5, 5.41) is 12.5. The highest BCUT2D eigenvalue weighted by atomic mass is 32.2. The number of thioether (sulfide) groups is 1. The van der Waals surface area contributed by atoms with E-state index in [1.165, 1.54) is 0 Å². The predicted octanol–water partition coefficient (Wildman–Crippen LogP) is 2.86. The maximum Gasteiger partial charge on any atom is 0.237 e. The van der Waals surface area contributed by atoms with Crippen molar-refractivity contribution >= 4 is 17.7 Å². The first kappa shape index (κ1) is 13.7. The van der Waals surface area contributed by atoms with Crippen LogP contribution in [0.5, 0.6) is 0 Å². The van der Waals surface area contributed by atoms with E-state index in [0.29, 0.717) is 5.92 Å². The van der Waals surface area contributed by atoms with Gasteiger partial charge in [0.05, 0.1) is 10.8 Å². The van der Waals surface area contributed by atoms with Gasteiger partial charge < -0.3 is 5.32 Å². The van der Waals surface area contributed by atoms with Crippen molar-refractivity contribution in [2.24, 2.45) is 5.92 Å². The molecule has 2 fully saturated rings. The van der Waals surface area contributed by atoms with E-state index in [0.717, 1.165) is 44.3 Å². The molecule has 0 spiro atoms. The second-order valence-corrected chi connectivity index (χ2v) is 7.61. The van der Waals surface area contributed by atoms with Crippen LogP contribution in [0.4, 0.5) is 0 Å². The Balaban J connectivity index is 2.02. The van der Waals surface area contributed by atoms with Gasteiger partial charge in [0.2, 0.25) is 5.91 Å². The fourth-order valence-corrected chi connectivity index (χ4v) is 4.04. The molecule has 1 heterocycles. The number of nitrogens with zero attached hydrogens (tertiary/aromatic N) is 1. The summed E-state index contributed by atoms with van der Waals surface area (Å²) >= 11 is 1.73. The maximum absolute atomic E-state index is 12.4. The normalized spacial score (nSPS) is 40.2. The zero-order chi connectivity index (χ0) is 13.2. The molecule has 1 saturated carbocycles. The third kappa shape index (κ3) is 2.66. The number of hydrogen-bond acceptors (Lipinski definition) is 3. The molecular formula is C14H22N2OS. The molecule has 1 amide bonds. The third-order valence-corrected chi connectivity index (χ3v) is 5.91. The minimum atomic E-state index is -0.601. The van der Waals surface area contributed by atoms with E-state index in [1.54, 1.807) is 11.8 Å². The molecule has 2 aliphatic rings. The first-order chi connectivity index (χ1) is 8.50. The second-order valence-electron chi connectivity index (χ2n) is 6.01. The van der Waals surface area contributed by atoms with E-state index in [-0.39, 0.29) is 10.7 Å². The predicted molar refractivity (Wildman–Crippen MR) is 74.2 cm³/mol. The highest BCUT2D eigenvalue weighted by Crippen LogP contribution is 2.39. The Morgan fingerprint density at radius 3 is 2.56 bits per heavy atom. The number of carbonyl (C=O) groups excluding carboxylic acids is 1. The van der Waals surface area contributed by atoms with Crippen LogP contribution in [-0.4, -0.2) is 21.9 Å². The van der Waals surface area contributed by atoms with Crippen molar-refractivity contribution in [2.75, 3.05) is 5.75 Å². The van der Waals surface area contributed by atoms with Crippen LogP contribution in [0.15, 0.2) is 0 Å². The number of carbonyl (C=O) groups is 1. The van der Waals surface area contributed by atoms with Gasteiger partial charge in [0.25, 0.3) is 0 Å². The van der Waals surface area contributed by atoms with Crippen LogP contribution in [0.2, 0.25) is 0 Å². The molecule has 1 atom stereocenters. The van der Waals surface area contributed by atoms with Gasteiger partial charge in [-0.3, -0.25) is 4.79 Å². The van der Waals surface area contributed by atoms with E-state index in [4.69, 9.17) is 0 Å². The molecular weight excluding hydrogens is 244 g/mol. The molecule has 1 saturated heterocycles. The number of nitrogens with one attached hydrogen (secondary N) is 1. The van der Waals surface area contributed by atoms with Crippen molar-refractivity contribution in [3.63, 3.8) is 0 Å². The first-order valence-electron chi connectivity index (χ1n) is 6.88. The van der Waals surface area contributed by atoms with Crippen LogP contribution >= 0.6 is 11.8 Å². The van der Waals surface area contributed by atoms with Gasteiger partial charge in [-0.15, -0.1) is 11.8 Å². The quantitative estimate of drug-likeness (QED) is 0.836. The molecule has 2 rings (SSSR count). The fourth-order valence-electron chi connectivity index (χ4n) is 2.83. The Kier molecular flexibility index (Phi) is 3.91. The smallest absolute Gasteiger partial charge is 0.237 e. The van der Waals surface area contributed by atoms with Crippen LogP contribution in [0, 0.1) is 17.2 Å². The third-order valence-electron chi connectivity index (χ3n) is 4.39. The summed E-state index contributed by atoms with van der Waals surface area (Å²) in [7, 11) is 0. The molecule has 4 heteroatoms. The van der Waals surface area contributed by atoms with Gasteiger partial charge >= 0.3 is 0 Å². The molecule has 1 aliphatic carbocycles. The average Bonchev–Trinajstić information content (AvgIpc) is 2.81. The largest absolute Gasteiger partial charge is 0.337 e. The van der Waals surface area contributed by atoms with E-state index in [1.807, 2.05) is 6.92 Å². The van der Waals surface area contributed by atoms with Crippen LogP contribution < -0.4 is 5.32 Å². The summed E-state index contributed by atoms with van der Waals surface area (Å²) in [5.74, 6) is 1.81. The topological polar surface area (TPSA) is 52.9 Å². The Bertz CT molecular complexity index is 360. The molecule has 18 heavy (non-hydrogen) atoms. The molecule has 1 unspecified atom stereocenters. The minimum absolute atomic E-state index is 0.0705. The molecule has 1 aliphatic heterocycles. The van der Waals surface area contributed by atoms with E-state index >= 15 is 0 Å². The van der Waals surface area contributed by atoms with Crippen LogP contribution in [0.1, 0.15) is 52.4 Å². The number of hydrogen-bond donors (Lipinski definition) is 1. The van der Waals surface area contributed by atoms with Gasteiger partial charge in [-0.25, -0.2) is 0 Å². The lowest BCUT2D eigenvalue weighted by Gasteiger charge is -2.36. The Morgan fingerprint density at radius 2 is 2.06 bits per heavy atom. The highest BCUT2D eigenvalue weighted by Gasteiger charge is 2.43. The fraction of sp³-hybridized carbons (Fsp3) is 0.857. The molecule has 1 N–H and O–H groups in total. The second kappa shape index (κ2) is 5.13. The van der Waals surface area contributed by atoms with Gasteiger partial charge in [0, 0.05) is 0 Å². The van der Waals surface area contributed by atoms with Gasteiger partial charge in [-0.05, 0) is 57.1 Å². The molecule has 0 radical (unpaired) electrons. The van der Waals surface area contributed by atoms with Crippen LogP contribution in [0.3, 0.4) is 0 Å². The summed E-state index contributed by atoms with van der Waals surface area (Å²) in [5.41, 5.74) is -0.601. The summed E-state index contributed by atoms with van der Waals surface area (Å²) in [6.07, 6.45) is 5.72. The zero-order valence-electron chi connectivity index (χ0n) is 11.3. The summed E-state index contributed by atoms with van der Waals surface area (Å²) in [4.78, 5) is 12.4. The van der Waals surface area contributed by atoms with Crippen molar-refractivity contribution in [3.8, 4) is 6.07 Å². The lowest BCUT2D eigenvalue weighted by Crippen LogP contribution is -2.54. The molecule has 3 nitrogen and oxygen atoms in total. The SMILES string of the molecule is CC1CCC(C#N)(NC(=O)C2(C)CCCS2)CC1. The van der Waals surface area contributed by atoms with Crippen molar-refractivity contribution in [1.82, 2.24) is 5.32 Å². The Morgan fingerprint density at radius 1 is 1.39 bits per heavy atom. The monoisotopic (exact) mass is 266 g/mol. The summed E-state index contributed by atoms with van der Waals surface area (Å²) in [6.45, 7) is 4.23. The number of rotatable bonds is 2. The molecule has 0 bridgehead atoms. The number of amides is 1. The minimum Gasteiger partial charge on any atom is -0.337 e. The van der Waals surface area contributed by atoms with Crippen molar-refractivity contribution in [1.29, 1.82) is 5.26 Å². The lowest BCUT2D eigenvalue weighted by molar-refractivity contribution is -0.124. The van der Waals surface area contributed by atoms with Gasteiger partial charge in [-0.2, -0.15) is 5.26 Å². The van der Waals surface area contributed by atoms with E-state index in [2.05, 4.69) is 18.3 Å². The lowest BCUT2D eigenvalue weighted by atomic mass is 9.77. The highest BCUT2D eigenvalue weighted by molar-refractivity contribution is 8.01. The summed E-state index contributed by atoms with van der Waals surface area (Å²) in [6, 6.07) is 2.37. The van der Waals surface area contributed by atoms with E-state index in [9.17, 15) is 10.1 Å². The molecule has 100 valence electrons. The Labute approximate surface area is 114 Å².